The summed E-state index contributed by atoms with van der Waals surface area (Å²) in [6.45, 7) is 0.678. The van der Waals surface area contributed by atoms with Gasteiger partial charge in [0.1, 0.15) is 12.1 Å². The zero-order chi connectivity index (χ0) is 11.4. The number of nitrogens with one attached hydrogen (secondary N) is 2. The minimum atomic E-state index is 0.550. The van der Waals surface area contributed by atoms with Crippen molar-refractivity contribution in [1.82, 2.24) is 14.9 Å². The molecular weight excluding hydrogens is 224 g/mol. The smallest absolute Gasteiger partial charge is 0.214 e. The van der Waals surface area contributed by atoms with E-state index in [1.807, 2.05) is 24.3 Å². The summed E-state index contributed by atoms with van der Waals surface area (Å²) in [7, 11) is 1.65. The quantitative estimate of drug-likeness (QED) is 0.793. The molecule has 1 heterocycles. The van der Waals surface area contributed by atoms with Crippen LogP contribution in [0, 0.1) is 4.77 Å². The van der Waals surface area contributed by atoms with E-state index in [0.717, 1.165) is 11.3 Å². The molecule has 0 saturated carbocycles. The van der Waals surface area contributed by atoms with Gasteiger partial charge in [0.05, 0.1) is 13.7 Å². The van der Waals surface area contributed by atoms with Crippen LogP contribution in [-0.2, 0) is 6.54 Å². The first-order valence-corrected chi connectivity index (χ1v) is 5.19. The molecule has 2 N–H and O–H groups in total. The third-order valence-corrected chi connectivity index (χ3v) is 2.45. The van der Waals surface area contributed by atoms with Crippen LogP contribution < -0.4 is 10.2 Å². The van der Waals surface area contributed by atoms with E-state index in [4.69, 9.17) is 17.0 Å². The highest BCUT2D eigenvalue weighted by Crippen LogP contribution is 2.11. The molecule has 2 rings (SSSR count). The number of benzene rings is 1. The molecule has 0 radical (unpaired) electrons. The number of hydrogen-bond donors (Lipinski definition) is 2. The van der Waals surface area contributed by atoms with Gasteiger partial charge in [0.25, 0.3) is 0 Å². The molecule has 1 aromatic heterocycles. The first kappa shape index (κ1) is 10.7. The van der Waals surface area contributed by atoms with Crippen molar-refractivity contribution in [3.05, 3.63) is 40.9 Å². The fraction of sp³-hybridized carbons (Fsp3) is 0.200. The van der Waals surface area contributed by atoms with E-state index in [1.165, 1.54) is 0 Å². The van der Waals surface area contributed by atoms with Gasteiger partial charge in [-0.2, -0.15) is 5.10 Å². The van der Waals surface area contributed by atoms with Gasteiger partial charge in [-0.05, 0) is 29.9 Å². The number of methoxy groups -OCH3 is 1. The van der Waals surface area contributed by atoms with Gasteiger partial charge >= 0.3 is 0 Å². The molecule has 0 saturated heterocycles. The van der Waals surface area contributed by atoms with Crippen molar-refractivity contribution in [2.24, 2.45) is 0 Å². The zero-order valence-corrected chi connectivity index (χ0v) is 9.62. The van der Waals surface area contributed by atoms with Crippen LogP contribution >= 0.6 is 12.2 Å². The highest BCUT2D eigenvalue weighted by molar-refractivity contribution is 7.71. The maximum Gasteiger partial charge on any atom is 0.214 e. The van der Waals surface area contributed by atoms with E-state index < -0.39 is 0 Å². The Morgan fingerprint density at radius 1 is 1.44 bits per heavy atom. The molecule has 0 aliphatic carbocycles. The maximum absolute atomic E-state index is 5.08. The molecular formula is C10H12N4OS. The summed E-state index contributed by atoms with van der Waals surface area (Å²) < 4.78 is 7.30. The molecule has 0 fully saturated rings. The van der Waals surface area contributed by atoms with E-state index in [0.29, 0.717) is 11.3 Å². The van der Waals surface area contributed by atoms with Gasteiger partial charge in [-0.25, -0.2) is 4.68 Å². The first-order valence-electron chi connectivity index (χ1n) is 4.78. The van der Waals surface area contributed by atoms with Crippen LogP contribution in [-0.4, -0.2) is 22.0 Å². The molecule has 0 bridgehead atoms. The van der Waals surface area contributed by atoms with Crippen LogP contribution in [0.25, 0.3) is 0 Å². The largest absolute Gasteiger partial charge is 0.497 e. The third kappa shape index (κ3) is 2.40. The fourth-order valence-corrected chi connectivity index (χ4v) is 1.44. The molecule has 84 valence electrons. The van der Waals surface area contributed by atoms with E-state index in [-0.39, 0.29) is 0 Å². The third-order valence-electron chi connectivity index (χ3n) is 2.16. The minimum Gasteiger partial charge on any atom is -0.497 e. The Bertz CT molecular complexity index is 502. The molecule has 2 aromatic rings. The monoisotopic (exact) mass is 236 g/mol. The normalized spacial score (nSPS) is 10.1. The van der Waals surface area contributed by atoms with Crippen molar-refractivity contribution >= 4 is 12.2 Å². The van der Waals surface area contributed by atoms with Crippen molar-refractivity contribution in [2.75, 3.05) is 12.5 Å². The zero-order valence-electron chi connectivity index (χ0n) is 8.80. The van der Waals surface area contributed by atoms with Crippen LogP contribution in [0.15, 0.2) is 30.6 Å². The van der Waals surface area contributed by atoms with E-state index in [9.17, 15) is 0 Å². The summed E-state index contributed by atoms with van der Waals surface area (Å²) in [4.78, 5) is 0. The molecule has 16 heavy (non-hydrogen) atoms. The van der Waals surface area contributed by atoms with Crippen LogP contribution in [0.2, 0.25) is 0 Å². The molecule has 0 amide bonds. The number of hydrogen-bond acceptors (Lipinski definition) is 4. The van der Waals surface area contributed by atoms with E-state index in [2.05, 4.69) is 15.6 Å². The van der Waals surface area contributed by atoms with Gasteiger partial charge < -0.3 is 10.2 Å². The Labute approximate surface area is 98.0 Å². The van der Waals surface area contributed by atoms with Gasteiger partial charge in [0.15, 0.2) is 0 Å². The Morgan fingerprint density at radius 2 is 2.19 bits per heavy atom. The van der Waals surface area contributed by atoms with E-state index in [1.54, 1.807) is 18.1 Å². The second kappa shape index (κ2) is 4.80. The SMILES string of the molecule is COc1ccc(CNn2cn[nH]c2=S)cc1. The minimum absolute atomic E-state index is 0.550. The topological polar surface area (TPSA) is 54.9 Å². The van der Waals surface area contributed by atoms with E-state index >= 15 is 0 Å². The lowest BCUT2D eigenvalue weighted by atomic mass is 10.2. The lowest BCUT2D eigenvalue weighted by molar-refractivity contribution is 0.414. The Kier molecular flexibility index (Phi) is 3.21. The predicted octanol–water partition coefficient (Wildman–Crippen LogP) is 1.69. The standard InChI is InChI=1S/C10H12N4OS/c1-15-9-4-2-8(3-5-9)6-12-14-7-11-13-10(14)16/h2-5,7,12H,6H2,1H3,(H,13,16). The van der Waals surface area contributed by atoms with Gasteiger partial charge in [0.2, 0.25) is 4.77 Å². The maximum atomic E-state index is 5.08. The number of aromatic amines is 1. The number of aromatic nitrogens is 3. The molecule has 0 aliphatic heterocycles. The van der Waals surface area contributed by atoms with Crippen molar-refractivity contribution in [3.63, 3.8) is 0 Å². The molecule has 6 heteroatoms. The second-order valence-electron chi connectivity index (χ2n) is 3.21. The Hall–Kier alpha value is -1.82. The van der Waals surface area contributed by atoms with Gasteiger partial charge in [0, 0.05) is 0 Å². The molecule has 0 unspecified atom stereocenters. The average Bonchev–Trinajstić information content (AvgIpc) is 2.73. The highest BCUT2D eigenvalue weighted by atomic mass is 32.1. The fourth-order valence-electron chi connectivity index (χ4n) is 1.28. The van der Waals surface area contributed by atoms with Crippen LogP contribution in [0.5, 0.6) is 5.75 Å². The van der Waals surface area contributed by atoms with Crippen LogP contribution in [0.3, 0.4) is 0 Å². The van der Waals surface area contributed by atoms with Gasteiger partial charge in [-0.3, -0.25) is 5.10 Å². The summed E-state index contributed by atoms with van der Waals surface area (Å²) in [5, 5.41) is 6.48. The van der Waals surface area contributed by atoms with Crippen molar-refractivity contribution < 1.29 is 4.74 Å². The Morgan fingerprint density at radius 3 is 2.75 bits per heavy atom. The summed E-state index contributed by atoms with van der Waals surface area (Å²) in [5.41, 5.74) is 4.27. The summed E-state index contributed by atoms with van der Waals surface area (Å²) >= 11 is 5.00. The van der Waals surface area contributed by atoms with Gasteiger partial charge in [-0.1, -0.05) is 12.1 Å². The summed E-state index contributed by atoms with van der Waals surface area (Å²) in [5.74, 6) is 0.851. The van der Waals surface area contributed by atoms with Crippen molar-refractivity contribution in [3.8, 4) is 5.75 Å². The predicted molar refractivity (Wildman–Crippen MR) is 63.5 cm³/mol. The second-order valence-corrected chi connectivity index (χ2v) is 3.60. The van der Waals surface area contributed by atoms with Crippen molar-refractivity contribution in [1.29, 1.82) is 0 Å². The Balaban J connectivity index is 2.00. The highest BCUT2D eigenvalue weighted by Gasteiger charge is 1.95. The number of ether oxygens (including phenoxy) is 1. The average molecular weight is 236 g/mol. The summed E-state index contributed by atoms with van der Waals surface area (Å²) in [6.07, 6.45) is 1.60. The summed E-state index contributed by atoms with van der Waals surface area (Å²) in [6, 6.07) is 7.84. The molecule has 0 atom stereocenters. The first-order chi connectivity index (χ1) is 7.79. The molecule has 0 aliphatic rings. The molecule has 1 aromatic carbocycles. The van der Waals surface area contributed by atoms with Crippen molar-refractivity contribution in [2.45, 2.75) is 6.54 Å². The number of nitrogens with zero attached hydrogens (tertiary/aromatic N) is 2. The number of H-pyrrole nitrogens is 1. The van der Waals surface area contributed by atoms with Gasteiger partial charge in [-0.15, -0.1) is 0 Å². The lowest BCUT2D eigenvalue weighted by Crippen LogP contribution is -2.13. The lowest BCUT2D eigenvalue weighted by Gasteiger charge is -2.06. The molecule has 5 nitrogen and oxygen atoms in total. The number of rotatable bonds is 4. The van der Waals surface area contributed by atoms with Crippen LogP contribution in [0.4, 0.5) is 0 Å². The molecule has 0 spiro atoms. The van der Waals surface area contributed by atoms with Crippen LogP contribution in [0.1, 0.15) is 5.56 Å².